The number of hydrogen-bond donors (Lipinski definition) is 2. The predicted molar refractivity (Wildman–Crippen MR) is 226 cm³/mol. The zero-order chi connectivity index (χ0) is 42.9. The number of nitrogens with zero attached hydrogens (tertiary/aromatic N) is 11. The van der Waals surface area contributed by atoms with Crippen molar-refractivity contribution in [2.75, 3.05) is 49.5 Å². The highest BCUT2D eigenvalue weighted by Gasteiger charge is 2.41. The van der Waals surface area contributed by atoms with Gasteiger partial charge in [0.25, 0.3) is 15.9 Å². The van der Waals surface area contributed by atoms with Crippen LogP contribution in [0.5, 0.6) is 0 Å². The molecule has 4 fully saturated rings. The molecule has 3 saturated heterocycles. The first kappa shape index (κ1) is 40.2. The highest BCUT2D eigenvalue weighted by Crippen LogP contribution is 2.35. The number of hydrogen-bond acceptors (Lipinski definition) is 14. The molecule has 0 bridgehead atoms. The molecule has 3 amide bonds. The van der Waals surface area contributed by atoms with Crippen molar-refractivity contribution >= 4 is 56.1 Å². The molecule has 1 atom stereocenters. The molecule has 0 spiro atoms. The van der Waals surface area contributed by atoms with Crippen LogP contribution in [0.15, 0.2) is 49.1 Å². The molecule has 18 nitrogen and oxygen atoms in total. The lowest BCUT2D eigenvalue weighted by molar-refractivity contribution is -0.136. The fourth-order valence-corrected chi connectivity index (χ4v) is 10.7. The predicted octanol–water partition coefficient (Wildman–Crippen LogP) is 3.44. The van der Waals surface area contributed by atoms with E-state index in [1.807, 2.05) is 16.9 Å². The first-order chi connectivity index (χ1) is 29.9. The molecular weight excluding hydrogens is 818 g/mol. The maximum absolute atomic E-state index is 15.9. The number of piperazine rings is 1. The number of nitrogens with one attached hydrogen (secondary N) is 2. The number of halogens is 1. The largest absolute Gasteiger partial charge is 0.354 e. The van der Waals surface area contributed by atoms with Gasteiger partial charge in [-0.2, -0.15) is 14.3 Å². The third-order valence-electron chi connectivity index (χ3n) is 12.8. The number of pyridine rings is 1. The minimum Gasteiger partial charge on any atom is -0.354 e. The van der Waals surface area contributed by atoms with Gasteiger partial charge < -0.3 is 15.1 Å². The van der Waals surface area contributed by atoms with Crippen molar-refractivity contribution in [1.29, 1.82) is 0 Å². The summed E-state index contributed by atoms with van der Waals surface area (Å²) in [5.74, 6) is 0.736. The molecule has 62 heavy (non-hydrogen) atoms. The summed E-state index contributed by atoms with van der Waals surface area (Å²) in [5, 5.41) is 15.4. The highest BCUT2D eigenvalue weighted by molar-refractivity contribution is 7.90. The summed E-state index contributed by atoms with van der Waals surface area (Å²) in [6.45, 7) is 9.74. The van der Waals surface area contributed by atoms with Gasteiger partial charge in [0.05, 0.1) is 40.7 Å². The lowest BCUT2D eigenvalue weighted by Crippen LogP contribution is -2.53. The molecule has 8 heterocycles. The number of piperidine rings is 2. The van der Waals surface area contributed by atoms with Gasteiger partial charge in [0.2, 0.25) is 11.8 Å². The Morgan fingerprint density at radius 1 is 0.935 bits per heavy atom. The number of carbonyl (C=O) groups is 3. The van der Waals surface area contributed by atoms with Gasteiger partial charge in [-0.25, -0.2) is 27.8 Å². The van der Waals surface area contributed by atoms with Crippen molar-refractivity contribution in [3.63, 3.8) is 0 Å². The topological polar surface area (TPSA) is 197 Å². The molecule has 1 saturated carbocycles. The van der Waals surface area contributed by atoms with Gasteiger partial charge in [0.15, 0.2) is 11.6 Å². The quantitative estimate of drug-likeness (QED) is 0.183. The van der Waals surface area contributed by atoms with Gasteiger partial charge in [-0.15, -0.1) is 0 Å². The van der Waals surface area contributed by atoms with Crippen LogP contribution in [0.25, 0.3) is 22.3 Å². The Balaban J connectivity index is 0.751. The lowest BCUT2D eigenvalue weighted by atomic mass is 10.0. The van der Waals surface area contributed by atoms with E-state index in [0.29, 0.717) is 59.6 Å². The van der Waals surface area contributed by atoms with E-state index >= 15 is 4.39 Å². The molecule has 10 rings (SSSR count). The van der Waals surface area contributed by atoms with Crippen LogP contribution in [0.1, 0.15) is 79.9 Å². The number of imide groups is 1. The molecule has 5 aromatic rings. The second-order valence-corrected chi connectivity index (χ2v) is 19.3. The Morgan fingerprint density at radius 2 is 1.73 bits per heavy atom. The Hall–Kier alpha value is -5.86. The third-order valence-corrected chi connectivity index (χ3v) is 14.8. The standard InChI is InChI=1S/C42H48FN13O5S/c1-25(2)56-34-19-36(47-35-9-12-44-39(48-35)27-20-46-55(23-27)62(60,61)29-4-5-29)45-21-31(34)40(50-56)53-13-10-28(11-14-53)52-17-15-51(16-18-52)22-26-3-6-30-32(38(26)43)24-54(42(30)59)33-7-8-37(57)49-41(33)58/h3,6,9,12,19-21,23,25,28-29,33H,4-5,7-8,10-11,13-18,22,24H2,1-2H3,(H,49,57,58)(H,44,45,47,48). The Morgan fingerprint density at radius 3 is 2.47 bits per heavy atom. The van der Waals surface area contributed by atoms with E-state index in [-0.39, 0.29) is 53.9 Å². The first-order valence-electron chi connectivity index (χ1n) is 21.4. The maximum Gasteiger partial charge on any atom is 0.256 e. The molecule has 0 radical (unpaired) electrons. The van der Waals surface area contributed by atoms with Crippen molar-refractivity contribution in [3.8, 4) is 11.4 Å². The summed E-state index contributed by atoms with van der Waals surface area (Å²) >= 11 is 0. The van der Waals surface area contributed by atoms with Crippen molar-refractivity contribution in [1.82, 2.24) is 53.9 Å². The van der Waals surface area contributed by atoms with Crippen LogP contribution in [0.2, 0.25) is 0 Å². The third kappa shape index (κ3) is 7.46. The number of benzene rings is 1. The highest BCUT2D eigenvalue weighted by atomic mass is 32.2. The average Bonchev–Trinajstić information content (AvgIpc) is 3.75. The summed E-state index contributed by atoms with van der Waals surface area (Å²) in [6, 6.07) is 6.83. The molecule has 20 heteroatoms. The number of amides is 3. The minimum absolute atomic E-state index is 0.0220. The van der Waals surface area contributed by atoms with Crippen LogP contribution >= 0.6 is 0 Å². The van der Waals surface area contributed by atoms with Gasteiger partial charge in [0.1, 0.15) is 23.5 Å². The number of fused-ring (bicyclic) bond motifs is 2. The smallest absolute Gasteiger partial charge is 0.256 e. The van der Waals surface area contributed by atoms with E-state index in [0.717, 1.165) is 72.9 Å². The van der Waals surface area contributed by atoms with Crippen molar-refractivity contribution in [2.45, 2.75) is 88.8 Å². The lowest BCUT2D eigenvalue weighted by Gasteiger charge is -2.43. The van der Waals surface area contributed by atoms with E-state index in [1.54, 1.807) is 24.4 Å². The van der Waals surface area contributed by atoms with E-state index in [4.69, 9.17) is 10.1 Å². The van der Waals surface area contributed by atoms with E-state index in [9.17, 15) is 22.8 Å². The zero-order valence-electron chi connectivity index (χ0n) is 34.6. The molecule has 5 aliphatic rings. The second-order valence-electron chi connectivity index (χ2n) is 17.2. The Labute approximate surface area is 357 Å². The van der Waals surface area contributed by atoms with Crippen LogP contribution in [0.4, 0.5) is 21.8 Å². The van der Waals surface area contributed by atoms with Crippen molar-refractivity contribution in [3.05, 3.63) is 71.6 Å². The zero-order valence-corrected chi connectivity index (χ0v) is 35.4. The summed E-state index contributed by atoms with van der Waals surface area (Å²) in [6.07, 6.45) is 10.1. The van der Waals surface area contributed by atoms with Crippen molar-refractivity contribution in [2.24, 2.45) is 0 Å². The summed E-state index contributed by atoms with van der Waals surface area (Å²) < 4.78 is 44.2. The monoisotopic (exact) mass is 865 g/mol. The van der Waals surface area contributed by atoms with Crippen LogP contribution in [0, 0.1) is 5.82 Å². The normalized spacial score (nSPS) is 20.7. The van der Waals surface area contributed by atoms with E-state index < -0.39 is 22.0 Å². The van der Waals surface area contributed by atoms with Crippen LogP contribution in [-0.4, -0.2) is 131 Å². The number of anilines is 3. The molecule has 2 N–H and O–H groups in total. The van der Waals surface area contributed by atoms with Gasteiger partial charge >= 0.3 is 0 Å². The van der Waals surface area contributed by atoms with Crippen molar-refractivity contribution < 1.29 is 27.2 Å². The van der Waals surface area contributed by atoms with Gasteiger partial charge in [-0.3, -0.25) is 34.2 Å². The molecular formula is C42H48FN13O5S. The molecule has 4 aromatic heterocycles. The fourth-order valence-electron chi connectivity index (χ4n) is 9.23. The molecule has 1 aliphatic carbocycles. The molecule has 1 aromatic carbocycles. The van der Waals surface area contributed by atoms with Crippen LogP contribution in [-0.2, 0) is 32.7 Å². The van der Waals surface area contributed by atoms with E-state index in [1.165, 1.54) is 17.3 Å². The second kappa shape index (κ2) is 15.8. The van der Waals surface area contributed by atoms with E-state index in [2.05, 4.69) is 54.2 Å². The summed E-state index contributed by atoms with van der Waals surface area (Å²) in [5.41, 5.74) is 2.61. The number of rotatable bonds is 11. The molecule has 1 unspecified atom stereocenters. The Kier molecular flexibility index (Phi) is 10.3. The van der Waals surface area contributed by atoms with Crippen LogP contribution < -0.4 is 15.5 Å². The van der Waals surface area contributed by atoms with Gasteiger partial charge in [-0.05, 0) is 58.1 Å². The summed E-state index contributed by atoms with van der Waals surface area (Å²) in [4.78, 5) is 59.5. The fraction of sp³-hybridized carbons (Fsp3) is 0.476. The maximum atomic E-state index is 15.9. The number of carbonyl (C=O) groups excluding carboxylic acids is 3. The van der Waals surface area contributed by atoms with Gasteiger partial charge in [-0.1, -0.05) is 6.07 Å². The van der Waals surface area contributed by atoms with Crippen LogP contribution in [0.3, 0.4) is 0 Å². The van der Waals surface area contributed by atoms with Gasteiger partial charge in [0, 0.05) is 99.5 Å². The summed E-state index contributed by atoms with van der Waals surface area (Å²) in [7, 11) is -3.50. The Bertz CT molecular complexity index is 2700. The minimum atomic E-state index is -3.50. The first-order valence-corrected chi connectivity index (χ1v) is 22.9. The molecule has 4 aliphatic heterocycles. The average molecular weight is 866 g/mol. The SMILES string of the molecule is CC(C)n1nc(N2CCC(N3CCN(Cc4ccc5c(c4F)CN(C4CCC(=O)NC4=O)C5=O)CC3)CC2)c2cnc(Nc3ccnc(-c4cnn(S(=O)(=O)C5CC5)c4)n3)cc21. The number of aromatic nitrogens is 7. The molecule has 324 valence electrons.